The quantitative estimate of drug-likeness (QED) is 0.232. The second-order valence-corrected chi connectivity index (χ2v) is 8.46. The number of aliphatic hydroxyl groups excluding tert-OH is 1. The number of Topliss-reactive ketones (excluding diaryl/α,β-unsaturated/α-hetero) is 1. The molecule has 3 aromatic carbocycles. The highest BCUT2D eigenvalue weighted by molar-refractivity contribution is 6.51. The van der Waals surface area contributed by atoms with Gasteiger partial charge in [0.25, 0.3) is 11.7 Å². The van der Waals surface area contributed by atoms with Crippen LogP contribution in [-0.4, -0.2) is 30.0 Å². The van der Waals surface area contributed by atoms with Gasteiger partial charge in [0, 0.05) is 16.3 Å². The van der Waals surface area contributed by atoms with Crippen LogP contribution in [0.3, 0.4) is 0 Å². The summed E-state index contributed by atoms with van der Waals surface area (Å²) >= 11 is 6.05. The third kappa shape index (κ3) is 5.03. The Kier molecular flexibility index (Phi) is 7.42. The summed E-state index contributed by atoms with van der Waals surface area (Å²) in [7, 11) is 0. The van der Waals surface area contributed by atoms with Crippen molar-refractivity contribution in [3.63, 3.8) is 0 Å². The Bertz CT molecular complexity index is 1250. The van der Waals surface area contributed by atoms with E-state index in [4.69, 9.17) is 21.1 Å². The van der Waals surface area contributed by atoms with Crippen molar-refractivity contribution < 1.29 is 24.2 Å². The van der Waals surface area contributed by atoms with Crippen molar-refractivity contribution in [3.05, 3.63) is 94.5 Å². The molecule has 0 spiro atoms. The van der Waals surface area contributed by atoms with E-state index in [0.717, 1.165) is 6.42 Å². The third-order valence-corrected chi connectivity index (χ3v) is 5.89. The number of amides is 1. The SMILES string of the molecule is CCCOc1cccc(/C(O)=C2/C(=O)C(=O)N(c3ccc(Cl)cc3)C2c2ccc(OCC)cc2)c1. The summed E-state index contributed by atoms with van der Waals surface area (Å²) in [5, 5.41) is 11.8. The van der Waals surface area contributed by atoms with Gasteiger partial charge < -0.3 is 14.6 Å². The number of benzene rings is 3. The number of carbonyl (C=O) groups is 2. The number of nitrogens with zero attached hydrogens (tertiary/aromatic N) is 1. The molecule has 7 heteroatoms. The molecule has 35 heavy (non-hydrogen) atoms. The van der Waals surface area contributed by atoms with Crippen molar-refractivity contribution in [2.75, 3.05) is 18.1 Å². The minimum absolute atomic E-state index is 0.00162. The first-order chi connectivity index (χ1) is 16.9. The van der Waals surface area contributed by atoms with Gasteiger partial charge in [-0.05, 0) is 67.4 Å². The molecule has 1 aliphatic heterocycles. The Morgan fingerprint density at radius 1 is 0.943 bits per heavy atom. The highest BCUT2D eigenvalue weighted by Gasteiger charge is 2.47. The van der Waals surface area contributed by atoms with Gasteiger partial charge in [-0.15, -0.1) is 0 Å². The Balaban J connectivity index is 1.86. The molecule has 1 N–H and O–H groups in total. The predicted molar refractivity (Wildman–Crippen MR) is 136 cm³/mol. The zero-order valence-corrected chi connectivity index (χ0v) is 20.3. The number of aliphatic hydroxyl groups is 1. The summed E-state index contributed by atoms with van der Waals surface area (Å²) < 4.78 is 11.2. The number of hydrogen-bond donors (Lipinski definition) is 1. The summed E-state index contributed by atoms with van der Waals surface area (Å²) in [6.45, 7) is 4.93. The maximum Gasteiger partial charge on any atom is 0.300 e. The number of carbonyl (C=O) groups excluding carboxylic acids is 2. The first kappa shape index (κ1) is 24.4. The zero-order chi connectivity index (χ0) is 24.9. The average Bonchev–Trinajstić information content (AvgIpc) is 3.14. The van der Waals surface area contributed by atoms with Gasteiger partial charge in [-0.2, -0.15) is 0 Å². The summed E-state index contributed by atoms with van der Waals surface area (Å²) in [6, 6.07) is 19.8. The molecule has 6 nitrogen and oxygen atoms in total. The van der Waals surface area contributed by atoms with Gasteiger partial charge in [-0.25, -0.2) is 0 Å². The van der Waals surface area contributed by atoms with E-state index in [2.05, 4.69) is 0 Å². The molecule has 1 aliphatic rings. The Morgan fingerprint density at radius 3 is 2.31 bits per heavy atom. The van der Waals surface area contributed by atoms with Gasteiger partial charge in [0.1, 0.15) is 17.3 Å². The Morgan fingerprint density at radius 2 is 1.66 bits per heavy atom. The number of ether oxygens (including phenoxy) is 2. The number of halogens is 1. The first-order valence-electron chi connectivity index (χ1n) is 11.5. The molecule has 3 aromatic rings. The molecular formula is C28H26ClNO5. The van der Waals surface area contributed by atoms with Crippen LogP contribution in [0.1, 0.15) is 37.4 Å². The van der Waals surface area contributed by atoms with Crippen molar-refractivity contribution in [3.8, 4) is 11.5 Å². The van der Waals surface area contributed by atoms with Crippen LogP contribution in [-0.2, 0) is 9.59 Å². The normalized spacial score (nSPS) is 17.0. The first-order valence-corrected chi connectivity index (χ1v) is 11.8. The maximum absolute atomic E-state index is 13.3. The van der Waals surface area contributed by atoms with Gasteiger partial charge in [-0.1, -0.05) is 42.8 Å². The lowest BCUT2D eigenvalue weighted by molar-refractivity contribution is -0.132. The van der Waals surface area contributed by atoms with E-state index in [0.29, 0.717) is 46.5 Å². The van der Waals surface area contributed by atoms with E-state index in [1.54, 1.807) is 72.8 Å². The second-order valence-electron chi connectivity index (χ2n) is 8.02. The van der Waals surface area contributed by atoms with Crippen molar-refractivity contribution in [2.24, 2.45) is 0 Å². The highest BCUT2D eigenvalue weighted by atomic mass is 35.5. The van der Waals surface area contributed by atoms with Crippen molar-refractivity contribution in [1.82, 2.24) is 0 Å². The second kappa shape index (κ2) is 10.7. The predicted octanol–water partition coefficient (Wildman–Crippen LogP) is 6.15. The fourth-order valence-electron chi connectivity index (χ4n) is 4.04. The van der Waals surface area contributed by atoms with Gasteiger partial charge in [0.2, 0.25) is 0 Å². The lowest BCUT2D eigenvalue weighted by atomic mass is 9.95. The Hall–Kier alpha value is -3.77. The van der Waals surface area contributed by atoms with Crippen LogP contribution in [0.5, 0.6) is 11.5 Å². The van der Waals surface area contributed by atoms with E-state index < -0.39 is 17.7 Å². The molecule has 0 aliphatic carbocycles. The molecule has 0 aromatic heterocycles. The van der Waals surface area contributed by atoms with E-state index in [1.807, 2.05) is 13.8 Å². The standard InChI is InChI=1S/C28H26ClNO5/c1-3-16-35-23-7-5-6-19(17-23)26(31)24-25(18-8-14-22(15-9-18)34-4-2)30(28(33)27(24)32)21-12-10-20(29)11-13-21/h5-15,17,25,31H,3-4,16H2,1-2H3/b26-24-. The van der Waals surface area contributed by atoms with Crippen LogP contribution in [0.15, 0.2) is 78.4 Å². The van der Waals surface area contributed by atoms with Crippen LogP contribution >= 0.6 is 11.6 Å². The molecule has 1 amide bonds. The summed E-state index contributed by atoms with van der Waals surface area (Å²) in [4.78, 5) is 27.9. The Labute approximate surface area is 209 Å². The molecule has 4 rings (SSSR count). The molecular weight excluding hydrogens is 466 g/mol. The van der Waals surface area contributed by atoms with Crippen LogP contribution in [0.2, 0.25) is 5.02 Å². The van der Waals surface area contributed by atoms with Crippen LogP contribution in [0.4, 0.5) is 5.69 Å². The number of rotatable bonds is 8. The number of anilines is 1. The average molecular weight is 492 g/mol. The van der Waals surface area contributed by atoms with E-state index in [-0.39, 0.29) is 11.3 Å². The van der Waals surface area contributed by atoms with E-state index in [1.165, 1.54) is 4.90 Å². The summed E-state index contributed by atoms with van der Waals surface area (Å²) in [5.74, 6) is -0.524. The van der Waals surface area contributed by atoms with Crippen molar-refractivity contribution in [2.45, 2.75) is 26.3 Å². The topological polar surface area (TPSA) is 76.1 Å². The minimum atomic E-state index is -0.841. The number of ketones is 1. The largest absolute Gasteiger partial charge is 0.507 e. The molecule has 0 radical (unpaired) electrons. The lowest BCUT2D eigenvalue weighted by Gasteiger charge is -2.25. The molecule has 1 heterocycles. The lowest BCUT2D eigenvalue weighted by Crippen LogP contribution is -2.29. The van der Waals surface area contributed by atoms with E-state index >= 15 is 0 Å². The summed E-state index contributed by atoms with van der Waals surface area (Å²) in [6.07, 6.45) is 0.833. The molecule has 1 unspecified atom stereocenters. The van der Waals surface area contributed by atoms with Gasteiger partial charge >= 0.3 is 0 Å². The van der Waals surface area contributed by atoms with Crippen LogP contribution in [0, 0.1) is 0 Å². The van der Waals surface area contributed by atoms with Crippen LogP contribution < -0.4 is 14.4 Å². The fraction of sp³-hybridized carbons (Fsp3) is 0.214. The molecule has 1 atom stereocenters. The highest BCUT2D eigenvalue weighted by Crippen LogP contribution is 2.43. The molecule has 1 fully saturated rings. The van der Waals surface area contributed by atoms with Gasteiger partial charge in [0.15, 0.2) is 0 Å². The third-order valence-electron chi connectivity index (χ3n) is 5.64. The van der Waals surface area contributed by atoms with Gasteiger partial charge in [-0.3, -0.25) is 14.5 Å². The monoisotopic (exact) mass is 491 g/mol. The molecule has 0 saturated carbocycles. The molecule has 0 bridgehead atoms. The van der Waals surface area contributed by atoms with Crippen LogP contribution in [0.25, 0.3) is 5.76 Å². The number of hydrogen-bond acceptors (Lipinski definition) is 5. The van der Waals surface area contributed by atoms with Gasteiger partial charge in [0.05, 0.1) is 24.8 Å². The summed E-state index contributed by atoms with van der Waals surface area (Å²) in [5.41, 5.74) is 1.54. The fourth-order valence-corrected chi connectivity index (χ4v) is 4.16. The van der Waals surface area contributed by atoms with E-state index in [9.17, 15) is 14.7 Å². The minimum Gasteiger partial charge on any atom is -0.507 e. The maximum atomic E-state index is 13.3. The van der Waals surface area contributed by atoms with Crippen molar-refractivity contribution in [1.29, 1.82) is 0 Å². The molecule has 180 valence electrons. The zero-order valence-electron chi connectivity index (χ0n) is 19.5. The smallest absolute Gasteiger partial charge is 0.300 e. The van der Waals surface area contributed by atoms with Crippen molar-refractivity contribution >= 4 is 34.7 Å². The molecule has 1 saturated heterocycles.